The molecule has 1 fully saturated rings. The Morgan fingerprint density at radius 3 is 2.57 bits per heavy atom. The van der Waals surface area contributed by atoms with Gasteiger partial charge in [-0.15, -0.1) is 0 Å². The standard InChI is InChI=1S/C11H12F2O/c1-7-10(14-8-3-2-4-8)6-5-9(12)11(7)13/h5-6,8H,2-4H2,1H3. The minimum Gasteiger partial charge on any atom is -0.490 e. The molecule has 14 heavy (non-hydrogen) atoms. The Kier molecular flexibility index (Phi) is 2.40. The van der Waals surface area contributed by atoms with Gasteiger partial charge in [-0.3, -0.25) is 0 Å². The maximum Gasteiger partial charge on any atom is 0.165 e. The second-order valence-corrected chi connectivity index (χ2v) is 3.66. The van der Waals surface area contributed by atoms with Gasteiger partial charge in [0.2, 0.25) is 0 Å². The fourth-order valence-corrected chi connectivity index (χ4v) is 1.43. The third kappa shape index (κ3) is 1.59. The van der Waals surface area contributed by atoms with Crippen LogP contribution in [0, 0.1) is 18.6 Å². The van der Waals surface area contributed by atoms with Gasteiger partial charge >= 0.3 is 0 Å². The van der Waals surface area contributed by atoms with Crippen molar-refractivity contribution in [1.82, 2.24) is 0 Å². The number of ether oxygens (including phenoxy) is 1. The molecule has 0 N–H and O–H groups in total. The molecular weight excluding hydrogens is 186 g/mol. The van der Waals surface area contributed by atoms with Gasteiger partial charge < -0.3 is 4.74 Å². The molecule has 0 heterocycles. The predicted molar refractivity (Wildman–Crippen MR) is 49.4 cm³/mol. The smallest absolute Gasteiger partial charge is 0.165 e. The molecule has 0 amide bonds. The Morgan fingerprint density at radius 2 is 2.00 bits per heavy atom. The normalized spacial score (nSPS) is 16.5. The van der Waals surface area contributed by atoms with Crippen LogP contribution >= 0.6 is 0 Å². The van der Waals surface area contributed by atoms with Crippen molar-refractivity contribution in [3.05, 3.63) is 29.3 Å². The monoisotopic (exact) mass is 198 g/mol. The van der Waals surface area contributed by atoms with Crippen LogP contribution in [-0.4, -0.2) is 6.10 Å². The van der Waals surface area contributed by atoms with Crippen LogP contribution in [0.5, 0.6) is 5.75 Å². The van der Waals surface area contributed by atoms with Gasteiger partial charge in [0.15, 0.2) is 11.6 Å². The predicted octanol–water partition coefficient (Wildman–Crippen LogP) is 3.20. The highest BCUT2D eigenvalue weighted by Crippen LogP contribution is 2.29. The number of rotatable bonds is 2. The highest BCUT2D eigenvalue weighted by molar-refractivity contribution is 5.34. The highest BCUT2D eigenvalue weighted by atomic mass is 19.2. The summed E-state index contributed by atoms with van der Waals surface area (Å²) in [6, 6.07) is 2.60. The summed E-state index contributed by atoms with van der Waals surface area (Å²) in [6.45, 7) is 1.53. The first-order valence-electron chi connectivity index (χ1n) is 4.79. The molecule has 0 bridgehead atoms. The Balaban J connectivity index is 2.20. The first-order chi connectivity index (χ1) is 6.68. The minimum atomic E-state index is -0.816. The molecular formula is C11H12F2O. The molecule has 1 aromatic rings. The topological polar surface area (TPSA) is 9.23 Å². The lowest BCUT2D eigenvalue weighted by Gasteiger charge is -2.27. The summed E-state index contributed by atoms with van der Waals surface area (Å²) in [5.41, 5.74) is 0.261. The van der Waals surface area contributed by atoms with Crippen molar-refractivity contribution in [2.24, 2.45) is 0 Å². The van der Waals surface area contributed by atoms with Crippen molar-refractivity contribution in [3.63, 3.8) is 0 Å². The second kappa shape index (κ2) is 3.56. The molecule has 0 radical (unpaired) electrons. The quantitative estimate of drug-likeness (QED) is 0.709. The van der Waals surface area contributed by atoms with E-state index in [1.165, 1.54) is 13.0 Å². The highest BCUT2D eigenvalue weighted by Gasteiger charge is 2.21. The lowest BCUT2D eigenvalue weighted by atomic mass is 9.96. The maximum absolute atomic E-state index is 13.1. The zero-order chi connectivity index (χ0) is 10.1. The summed E-state index contributed by atoms with van der Waals surface area (Å²) in [6.07, 6.45) is 3.38. The first-order valence-corrected chi connectivity index (χ1v) is 4.79. The van der Waals surface area contributed by atoms with Gasteiger partial charge in [0.25, 0.3) is 0 Å². The fraction of sp³-hybridized carbons (Fsp3) is 0.455. The molecule has 0 aromatic heterocycles. The van der Waals surface area contributed by atoms with Crippen LogP contribution < -0.4 is 4.74 Å². The molecule has 0 unspecified atom stereocenters. The van der Waals surface area contributed by atoms with Gasteiger partial charge in [-0.05, 0) is 38.3 Å². The summed E-state index contributed by atoms with van der Waals surface area (Å²) in [7, 11) is 0. The third-order valence-corrected chi connectivity index (χ3v) is 2.64. The zero-order valence-electron chi connectivity index (χ0n) is 8.02. The van der Waals surface area contributed by atoms with Crippen molar-refractivity contribution in [2.45, 2.75) is 32.3 Å². The molecule has 76 valence electrons. The summed E-state index contributed by atoms with van der Waals surface area (Å²) in [5, 5.41) is 0. The lowest BCUT2D eigenvalue weighted by Crippen LogP contribution is -2.25. The summed E-state index contributed by atoms with van der Waals surface area (Å²) in [5.74, 6) is -1.15. The van der Waals surface area contributed by atoms with Gasteiger partial charge in [0, 0.05) is 5.56 Å². The molecule has 2 rings (SSSR count). The maximum atomic E-state index is 13.1. The molecule has 1 aliphatic carbocycles. The molecule has 0 spiro atoms. The van der Waals surface area contributed by atoms with Crippen LogP contribution in [0.4, 0.5) is 8.78 Å². The molecule has 1 saturated carbocycles. The van der Waals surface area contributed by atoms with Crippen molar-refractivity contribution in [2.75, 3.05) is 0 Å². The van der Waals surface area contributed by atoms with Crippen LogP contribution in [0.15, 0.2) is 12.1 Å². The fourth-order valence-electron chi connectivity index (χ4n) is 1.43. The summed E-state index contributed by atoms with van der Waals surface area (Å²) in [4.78, 5) is 0. The first kappa shape index (κ1) is 9.44. The average molecular weight is 198 g/mol. The van der Waals surface area contributed by atoms with Crippen LogP contribution in [0.25, 0.3) is 0 Å². The Labute approximate surface area is 81.7 Å². The van der Waals surface area contributed by atoms with E-state index < -0.39 is 11.6 Å². The van der Waals surface area contributed by atoms with E-state index in [0.29, 0.717) is 5.75 Å². The van der Waals surface area contributed by atoms with Crippen molar-refractivity contribution >= 4 is 0 Å². The van der Waals surface area contributed by atoms with Gasteiger partial charge in [-0.2, -0.15) is 0 Å². The molecule has 1 aromatic carbocycles. The molecule has 0 aliphatic heterocycles. The van der Waals surface area contributed by atoms with Gasteiger partial charge in [0.1, 0.15) is 5.75 Å². The molecule has 0 atom stereocenters. The van der Waals surface area contributed by atoms with E-state index in [1.807, 2.05) is 0 Å². The molecule has 0 saturated heterocycles. The van der Waals surface area contributed by atoms with Gasteiger partial charge in [0.05, 0.1) is 6.10 Å². The van der Waals surface area contributed by atoms with Crippen molar-refractivity contribution in [1.29, 1.82) is 0 Å². The minimum absolute atomic E-state index is 0.193. The van der Waals surface area contributed by atoms with Gasteiger partial charge in [-0.25, -0.2) is 8.78 Å². The van der Waals surface area contributed by atoms with E-state index in [2.05, 4.69) is 0 Å². The second-order valence-electron chi connectivity index (χ2n) is 3.66. The molecule has 3 heteroatoms. The number of hydrogen-bond donors (Lipinski definition) is 0. The van der Waals surface area contributed by atoms with Crippen molar-refractivity contribution < 1.29 is 13.5 Å². The summed E-state index contributed by atoms with van der Waals surface area (Å²) < 4.78 is 31.4. The van der Waals surface area contributed by atoms with Crippen LogP contribution in [-0.2, 0) is 0 Å². The Hall–Kier alpha value is -1.12. The average Bonchev–Trinajstić information content (AvgIpc) is 2.10. The Bertz CT molecular complexity index is 345. The van der Waals surface area contributed by atoms with E-state index in [0.717, 1.165) is 25.3 Å². The SMILES string of the molecule is Cc1c(OC2CCC2)ccc(F)c1F. The van der Waals surface area contributed by atoms with Crippen LogP contribution in [0.2, 0.25) is 0 Å². The number of benzene rings is 1. The third-order valence-electron chi connectivity index (χ3n) is 2.64. The lowest BCUT2D eigenvalue weighted by molar-refractivity contribution is 0.118. The van der Waals surface area contributed by atoms with Crippen LogP contribution in [0.1, 0.15) is 24.8 Å². The van der Waals surface area contributed by atoms with E-state index in [4.69, 9.17) is 4.74 Å². The molecule has 1 nitrogen and oxygen atoms in total. The van der Waals surface area contributed by atoms with E-state index in [9.17, 15) is 8.78 Å². The van der Waals surface area contributed by atoms with E-state index in [-0.39, 0.29) is 11.7 Å². The van der Waals surface area contributed by atoms with E-state index in [1.54, 1.807) is 0 Å². The zero-order valence-corrected chi connectivity index (χ0v) is 8.02. The number of halogens is 2. The van der Waals surface area contributed by atoms with Crippen molar-refractivity contribution in [3.8, 4) is 5.75 Å². The van der Waals surface area contributed by atoms with E-state index >= 15 is 0 Å². The molecule has 1 aliphatic rings. The largest absolute Gasteiger partial charge is 0.490 e. The van der Waals surface area contributed by atoms with Crippen LogP contribution in [0.3, 0.4) is 0 Å². The Morgan fingerprint density at radius 1 is 1.29 bits per heavy atom. The number of hydrogen-bond acceptors (Lipinski definition) is 1. The summed E-state index contributed by atoms with van der Waals surface area (Å²) >= 11 is 0. The van der Waals surface area contributed by atoms with Gasteiger partial charge in [-0.1, -0.05) is 0 Å².